The van der Waals surface area contributed by atoms with E-state index in [1.807, 2.05) is 0 Å². The van der Waals surface area contributed by atoms with E-state index >= 15 is 0 Å². The van der Waals surface area contributed by atoms with Gasteiger partial charge in [0.15, 0.2) is 11.5 Å². The molecule has 1 aliphatic heterocycles. The largest absolute Gasteiger partial charge is 0.503 e. The molecule has 0 fully saturated rings. The first-order chi connectivity index (χ1) is 12.4. The van der Waals surface area contributed by atoms with Crippen molar-refractivity contribution >= 4 is 46.6 Å². The fourth-order valence-electron chi connectivity index (χ4n) is 2.55. The molecule has 1 N–H and O–H groups in total. The Morgan fingerprint density at radius 1 is 1.23 bits per heavy atom. The number of ether oxygens (including phenoxy) is 1. The molecule has 0 aliphatic carbocycles. The zero-order valence-corrected chi connectivity index (χ0v) is 15.7. The topological polar surface area (TPSA) is 62.1 Å². The first kappa shape index (κ1) is 18.3. The number of anilines is 1. The Morgan fingerprint density at radius 2 is 1.92 bits per heavy atom. The SMILES string of the molecule is CCOc1cc(C=C2C(=O)N(c3ccc(Cl)cc3)N=C2C)cc(Cl)c1O. The highest BCUT2D eigenvalue weighted by atomic mass is 35.5. The van der Waals surface area contributed by atoms with Gasteiger partial charge in [-0.3, -0.25) is 4.79 Å². The van der Waals surface area contributed by atoms with Crippen molar-refractivity contribution in [3.05, 3.63) is 57.6 Å². The molecule has 0 saturated carbocycles. The van der Waals surface area contributed by atoms with E-state index < -0.39 is 0 Å². The van der Waals surface area contributed by atoms with Crippen LogP contribution in [0.25, 0.3) is 6.08 Å². The summed E-state index contributed by atoms with van der Waals surface area (Å²) in [5.41, 5.74) is 2.27. The van der Waals surface area contributed by atoms with E-state index in [0.717, 1.165) is 0 Å². The first-order valence-electron chi connectivity index (χ1n) is 7.93. The van der Waals surface area contributed by atoms with Crippen LogP contribution in [0.1, 0.15) is 19.4 Å². The van der Waals surface area contributed by atoms with E-state index in [9.17, 15) is 9.90 Å². The van der Waals surface area contributed by atoms with Crippen LogP contribution in [-0.2, 0) is 4.79 Å². The number of carbonyl (C=O) groups excluding carboxylic acids is 1. The van der Waals surface area contributed by atoms with Crippen LogP contribution in [0.3, 0.4) is 0 Å². The van der Waals surface area contributed by atoms with Gasteiger partial charge in [-0.05, 0) is 61.9 Å². The molecule has 0 saturated heterocycles. The van der Waals surface area contributed by atoms with E-state index in [1.54, 1.807) is 56.3 Å². The van der Waals surface area contributed by atoms with Gasteiger partial charge >= 0.3 is 0 Å². The molecule has 26 heavy (non-hydrogen) atoms. The van der Waals surface area contributed by atoms with Gasteiger partial charge in [-0.1, -0.05) is 23.2 Å². The number of phenols is 1. The Hall–Kier alpha value is -2.50. The second-order valence-electron chi connectivity index (χ2n) is 5.62. The van der Waals surface area contributed by atoms with Gasteiger partial charge in [0.2, 0.25) is 0 Å². The molecular weight excluding hydrogens is 375 g/mol. The minimum Gasteiger partial charge on any atom is -0.503 e. The molecule has 1 heterocycles. The summed E-state index contributed by atoms with van der Waals surface area (Å²) >= 11 is 11.9. The Balaban J connectivity index is 1.96. The van der Waals surface area contributed by atoms with E-state index in [1.165, 1.54) is 5.01 Å². The maximum absolute atomic E-state index is 12.8. The Morgan fingerprint density at radius 3 is 2.58 bits per heavy atom. The van der Waals surface area contributed by atoms with Crippen molar-refractivity contribution in [2.24, 2.45) is 5.10 Å². The van der Waals surface area contributed by atoms with Gasteiger partial charge in [0.1, 0.15) is 0 Å². The van der Waals surface area contributed by atoms with Crippen LogP contribution in [0.5, 0.6) is 11.5 Å². The maximum Gasteiger partial charge on any atom is 0.280 e. The van der Waals surface area contributed by atoms with Crippen LogP contribution in [0.4, 0.5) is 5.69 Å². The molecule has 134 valence electrons. The van der Waals surface area contributed by atoms with Crippen LogP contribution in [0.15, 0.2) is 47.1 Å². The predicted molar refractivity (Wildman–Crippen MR) is 104 cm³/mol. The van der Waals surface area contributed by atoms with Crippen LogP contribution in [0, 0.1) is 0 Å². The van der Waals surface area contributed by atoms with Gasteiger partial charge in [0, 0.05) is 5.02 Å². The monoisotopic (exact) mass is 390 g/mol. The van der Waals surface area contributed by atoms with Crippen LogP contribution in [0.2, 0.25) is 10.0 Å². The molecule has 0 unspecified atom stereocenters. The normalized spacial score (nSPS) is 15.5. The molecule has 1 aliphatic rings. The molecule has 2 aromatic rings. The van der Waals surface area contributed by atoms with Gasteiger partial charge < -0.3 is 9.84 Å². The zero-order chi connectivity index (χ0) is 18.8. The summed E-state index contributed by atoms with van der Waals surface area (Å²) in [5, 5.41) is 16.3. The van der Waals surface area contributed by atoms with Crippen LogP contribution in [-0.4, -0.2) is 23.3 Å². The summed E-state index contributed by atoms with van der Waals surface area (Å²) in [4.78, 5) is 12.8. The number of hydrogen-bond acceptors (Lipinski definition) is 4. The number of amides is 1. The standard InChI is InChI=1S/C19H16Cl2N2O3/c1-3-26-17-10-12(9-16(21)18(17)24)8-15-11(2)22-23(19(15)25)14-6-4-13(20)5-7-14/h4-10,24H,3H2,1-2H3. The third-order valence-electron chi connectivity index (χ3n) is 3.80. The highest BCUT2D eigenvalue weighted by Crippen LogP contribution is 2.36. The average molecular weight is 391 g/mol. The van der Waals surface area contributed by atoms with Crippen LogP contribution < -0.4 is 9.75 Å². The summed E-state index contributed by atoms with van der Waals surface area (Å²) in [5.74, 6) is -0.116. The Bertz CT molecular complexity index is 921. The van der Waals surface area contributed by atoms with Crippen molar-refractivity contribution in [3.63, 3.8) is 0 Å². The molecular formula is C19H16Cl2N2O3. The number of carbonyl (C=O) groups is 1. The Labute approximate surface area is 161 Å². The lowest BCUT2D eigenvalue weighted by Crippen LogP contribution is -2.21. The van der Waals surface area contributed by atoms with Crippen LogP contribution >= 0.6 is 23.2 Å². The van der Waals surface area contributed by atoms with E-state index in [-0.39, 0.29) is 22.4 Å². The molecule has 0 radical (unpaired) electrons. The second kappa shape index (κ2) is 7.40. The highest BCUT2D eigenvalue weighted by molar-refractivity contribution is 6.34. The number of nitrogens with zero attached hydrogens (tertiary/aromatic N) is 2. The molecule has 5 nitrogen and oxygen atoms in total. The number of halogens is 2. The molecule has 3 rings (SSSR count). The molecule has 0 bridgehead atoms. The predicted octanol–water partition coefficient (Wildman–Crippen LogP) is 4.90. The summed E-state index contributed by atoms with van der Waals surface area (Å²) in [6.07, 6.45) is 1.67. The lowest BCUT2D eigenvalue weighted by Gasteiger charge is -2.12. The number of aromatic hydroxyl groups is 1. The molecule has 0 aromatic heterocycles. The summed E-state index contributed by atoms with van der Waals surface area (Å²) in [6, 6.07) is 10.0. The number of rotatable bonds is 4. The van der Waals surface area contributed by atoms with Gasteiger partial charge in [0.05, 0.1) is 28.6 Å². The van der Waals surface area contributed by atoms with Crippen molar-refractivity contribution in [2.45, 2.75) is 13.8 Å². The van der Waals surface area contributed by atoms with Crippen molar-refractivity contribution in [1.82, 2.24) is 0 Å². The molecule has 1 amide bonds. The number of hydrazone groups is 1. The minimum atomic E-state index is -0.257. The minimum absolute atomic E-state index is 0.124. The quantitative estimate of drug-likeness (QED) is 0.754. The number of phenolic OH excluding ortho intramolecular Hbond substituents is 1. The van der Waals surface area contributed by atoms with Crippen molar-refractivity contribution < 1.29 is 14.6 Å². The maximum atomic E-state index is 12.8. The smallest absolute Gasteiger partial charge is 0.280 e. The second-order valence-corrected chi connectivity index (χ2v) is 6.46. The van der Waals surface area contributed by atoms with Gasteiger partial charge in [-0.15, -0.1) is 0 Å². The summed E-state index contributed by atoms with van der Waals surface area (Å²) < 4.78 is 5.38. The molecule has 2 aromatic carbocycles. The first-order valence-corrected chi connectivity index (χ1v) is 8.69. The van der Waals surface area contributed by atoms with Crippen molar-refractivity contribution in [3.8, 4) is 11.5 Å². The van der Waals surface area contributed by atoms with Gasteiger partial charge in [0.25, 0.3) is 5.91 Å². The molecule has 0 spiro atoms. The van der Waals surface area contributed by atoms with E-state index in [4.69, 9.17) is 27.9 Å². The van der Waals surface area contributed by atoms with E-state index in [0.29, 0.717) is 34.2 Å². The average Bonchev–Trinajstić information content (AvgIpc) is 2.88. The summed E-state index contributed by atoms with van der Waals surface area (Å²) in [6.45, 7) is 3.94. The zero-order valence-electron chi connectivity index (χ0n) is 14.2. The van der Waals surface area contributed by atoms with E-state index in [2.05, 4.69) is 5.10 Å². The lowest BCUT2D eigenvalue weighted by atomic mass is 10.1. The van der Waals surface area contributed by atoms with Crippen molar-refractivity contribution in [1.29, 1.82) is 0 Å². The van der Waals surface area contributed by atoms with Crippen molar-refractivity contribution in [2.75, 3.05) is 11.6 Å². The van der Waals surface area contributed by atoms with Gasteiger partial charge in [-0.2, -0.15) is 10.1 Å². The fourth-order valence-corrected chi connectivity index (χ4v) is 2.90. The third-order valence-corrected chi connectivity index (χ3v) is 4.34. The highest BCUT2D eigenvalue weighted by Gasteiger charge is 2.28. The molecule has 7 heteroatoms. The fraction of sp³-hybridized carbons (Fsp3) is 0.158. The van der Waals surface area contributed by atoms with Gasteiger partial charge in [-0.25, -0.2) is 0 Å². The number of benzene rings is 2. The lowest BCUT2D eigenvalue weighted by molar-refractivity contribution is -0.114. The number of hydrogen-bond donors (Lipinski definition) is 1. The molecule has 0 atom stereocenters. The third kappa shape index (κ3) is 3.54. The Kier molecular flexibility index (Phi) is 5.20. The summed E-state index contributed by atoms with van der Waals surface area (Å²) in [7, 11) is 0.